The molecule has 1 aliphatic rings. The monoisotopic (exact) mass is 270 g/mol. The number of ether oxygens (including phenoxy) is 1. The highest BCUT2D eigenvalue weighted by molar-refractivity contribution is 5.79. The van der Waals surface area contributed by atoms with E-state index in [-0.39, 0.29) is 6.10 Å². The van der Waals surface area contributed by atoms with Crippen molar-refractivity contribution in [1.82, 2.24) is 5.32 Å². The van der Waals surface area contributed by atoms with Gasteiger partial charge < -0.3 is 21.5 Å². The third-order valence-electron chi connectivity index (χ3n) is 3.23. The van der Waals surface area contributed by atoms with E-state index in [1.54, 1.807) is 0 Å². The van der Waals surface area contributed by atoms with Gasteiger partial charge in [-0.2, -0.15) is 0 Å². The molecule has 5 N–H and O–H groups in total. The van der Waals surface area contributed by atoms with E-state index in [0.717, 1.165) is 19.4 Å². The first-order chi connectivity index (χ1) is 9.13. The Kier molecular flexibility index (Phi) is 7.25. The lowest BCUT2D eigenvalue weighted by Gasteiger charge is -2.10. The second-order valence-electron chi connectivity index (χ2n) is 4.94. The van der Waals surface area contributed by atoms with Crippen molar-refractivity contribution in [2.24, 2.45) is 16.5 Å². The van der Waals surface area contributed by atoms with Gasteiger partial charge in [0.1, 0.15) is 6.10 Å². The molecule has 1 amide bonds. The Morgan fingerprint density at radius 1 is 1.32 bits per heavy atom. The van der Waals surface area contributed by atoms with Gasteiger partial charge in [0.25, 0.3) is 0 Å². The fourth-order valence-electron chi connectivity index (χ4n) is 2.07. The number of hydrogen-bond donors (Lipinski definition) is 3. The third kappa shape index (κ3) is 6.42. The Bertz CT molecular complexity index is 307. The zero-order valence-electron chi connectivity index (χ0n) is 11.7. The molecule has 6 heteroatoms. The zero-order chi connectivity index (χ0) is 14.1. The zero-order valence-corrected chi connectivity index (χ0v) is 11.7. The number of hydrogen-bond acceptors (Lipinski definition) is 3. The van der Waals surface area contributed by atoms with Gasteiger partial charge >= 0.3 is 0 Å². The van der Waals surface area contributed by atoms with Gasteiger partial charge in [-0.05, 0) is 19.3 Å². The van der Waals surface area contributed by atoms with Crippen LogP contribution in [0.1, 0.15) is 45.4 Å². The summed E-state index contributed by atoms with van der Waals surface area (Å²) < 4.78 is 5.47. The molecule has 0 aromatic rings. The summed E-state index contributed by atoms with van der Waals surface area (Å²) in [6, 6.07) is 0. The quantitative estimate of drug-likeness (QED) is 0.339. The number of rotatable bonds is 8. The van der Waals surface area contributed by atoms with Crippen molar-refractivity contribution in [2.45, 2.75) is 57.7 Å². The number of carbonyl (C=O) groups excluding carboxylic acids is 1. The summed E-state index contributed by atoms with van der Waals surface area (Å²) in [7, 11) is 0. The first kappa shape index (κ1) is 15.8. The smallest absolute Gasteiger partial charge is 0.246 e. The Balaban J connectivity index is 2.12. The molecule has 2 unspecified atom stereocenters. The molecule has 0 radical (unpaired) electrons. The number of guanidine groups is 1. The van der Waals surface area contributed by atoms with Crippen LogP contribution in [0.3, 0.4) is 0 Å². The highest BCUT2D eigenvalue weighted by Crippen LogP contribution is 2.19. The fraction of sp³-hybridized carbons (Fsp3) is 0.846. The van der Waals surface area contributed by atoms with Crippen molar-refractivity contribution in [3.8, 4) is 0 Å². The number of unbranched alkanes of at least 4 members (excludes halogenated alkanes) is 3. The van der Waals surface area contributed by atoms with E-state index < -0.39 is 12.0 Å². The lowest BCUT2D eigenvalue weighted by molar-refractivity contribution is -0.128. The summed E-state index contributed by atoms with van der Waals surface area (Å²) in [5.74, 6) is 0.0520. The Hall–Kier alpha value is -1.30. The van der Waals surface area contributed by atoms with Gasteiger partial charge in [0.05, 0.1) is 12.6 Å². The van der Waals surface area contributed by atoms with E-state index in [1.807, 2.05) is 0 Å². The van der Waals surface area contributed by atoms with Crippen molar-refractivity contribution in [3.63, 3.8) is 0 Å². The molecule has 1 saturated heterocycles. The number of amides is 1. The largest absolute Gasteiger partial charge is 0.370 e. The number of carbonyl (C=O) groups is 1. The van der Waals surface area contributed by atoms with E-state index in [4.69, 9.17) is 16.2 Å². The minimum atomic E-state index is -0.455. The molecule has 0 aromatic carbocycles. The van der Waals surface area contributed by atoms with Crippen LogP contribution in [0.4, 0.5) is 0 Å². The second-order valence-corrected chi connectivity index (χ2v) is 4.94. The highest BCUT2D eigenvalue weighted by Gasteiger charge is 2.28. The van der Waals surface area contributed by atoms with Crippen LogP contribution < -0.4 is 16.8 Å². The van der Waals surface area contributed by atoms with Crippen LogP contribution in [0.25, 0.3) is 0 Å². The molecular weight excluding hydrogens is 244 g/mol. The minimum absolute atomic E-state index is 0.0436. The topological polar surface area (TPSA) is 103 Å². The second kappa shape index (κ2) is 8.74. The van der Waals surface area contributed by atoms with E-state index in [0.29, 0.717) is 18.9 Å². The van der Waals surface area contributed by atoms with Crippen molar-refractivity contribution >= 4 is 11.9 Å². The predicted molar refractivity (Wildman–Crippen MR) is 75.7 cm³/mol. The van der Waals surface area contributed by atoms with Gasteiger partial charge in [0, 0.05) is 6.54 Å². The number of nitrogens with zero attached hydrogens (tertiary/aromatic N) is 1. The van der Waals surface area contributed by atoms with Crippen molar-refractivity contribution in [3.05, 3.63) is 0 Å². The first-order valence-corrected chi connectivity index (χ1v) is 7.12. The van der Waals surface area contributed by atoms with Crippen molar-refractivity contribution in [2.75, 3.05) is 13.1 Å². The standard InChI is InChI=1S/C13H26N4O2/c1-2-3-4-5-8-16-13(15)17-9-10-6-7-11(19-10)12(14)18/h10-11H,2-9H2,1H3,(H2,14,18)(H3,15,16,17). The highest BCUT2D eigenvalue weighted by atomic mass is 16.5. The lowest BCUT2D eigenvalue weighted by atomic mass is 10.2. The average molecular weight is 270 g/mol. The molecule has 0 bridgehead atoms. The molecule has 1 fully saturated rings. The van der Waals surface area contributed by atoms with Crippen LogP contribution in [0.5, 0.6) is 0 Å². The van der Waals surface area contributed by atoms with Crippen LogP contribution in [-0.4, -0.2) is 37.2 Å². The van der Waals surface area contributed by atoms with Gasteiger partial charge in [0.2, 0.25) is 5.91 Å². The molecule has 19 heavy (non-hydrogen) atoms. The Morgan fingerprint density at radius 2 is 2.11 bits per heavy atom. The molecule has 6 nitrogen and oxygen atoms in total. The predicted octanol–water partition coefficient (Wildman–Crippen LogP) is 0.504. The fourth-order valence-corrected chi connectivity index (χ4v) is 2.07. The molecule has 0 spiro atoms. The maximum absolute atomic E-state index is 10.9. The maximum atomic E-state index is 10.9. The minimum Gasteiger partial charge on any atom is -0.370 e. The summed E-state index contributed by atoms with van der Waals surface area (Å²) in [5, 5.41) is 3.08. The normalized spacial score (nSPS) is 23.5. The number of nitrogens with two attached hydrogens (primary N) is 2. The van der Waals surface area contributed by atoms with Crippen LogP contribution in [0.15, 0.2) is 4.99 Å². The Morgan fingerprint density at radius 3 is 2.74 bits per heavy atom. The number of nitrogens with one attached hydrogen (secondary N) is 1. The summed E-state index contributed by atoms with van der Waals surface area (Å²) in [4.78, 5) is 15.2. The summed E-state index contributed by atoms with van der Waals surface area (Å²) in [5.41, 5.74) is 10.9. The van der Waals surface area contributed by atoms with Crippen LogP contribution >= 0.6 is 0 Å². The van der Waals surface area contributed by atoms with E-state index in [1.165, 1.54) is 19.3 Å². The van der Waals surface area contributed by atoms with Gasteiger partial charge in [0.15, 0.2) is 5.96 Å². The van der Waals surface area contributed by atoms with E-state index in [9.17, 15) is 4.79 Å². The maximum Gasteiger partial charge on any atom is 0.246 e. The van der Waals surface area contributed by atoms with Crippen molar-refractivity contribution < 1.29 is 9.53 Å². The molecule has 0 aromatic heterocycles. The third-order valence-corrected chi connectivity index (χ3v) is 3.23. The molecule has 1 heterocycles. The molecule has 2 atom stereocenters. The number of primary amides is 1. The Labute approximate surface area is 115 Å². The summed E-state index contributed by atoms with van der Waals surface area (Å²) in [6.07, 6.45) is 5.78. The van der Waals surface area contributed by atoms with Gasteiger partial charge in [-0.3, -0.25) is 9.79 Å². The molecular formula is C13H26N4O2. The van der Waals surface area contributed by atoms with E-state index >= 15 is 0 Å². The van der Waals surface area contributed by atoms with Gasteiger partial charge in [-0.15, -0.1) is 0 Å². The van der Waals surface area contributed by atoms with Crippen LogP contribution in [0.2, 0.25) is 0 Å². The summed E-state index contributed by atoms with van der Waals surface area (Å²) >= 11 is 0. The lowest BCUT2D eigenvalue weighted by Crippen LogP contribution is -2.33. The van der Waals surface area contributed by atoms with Crippen LogP contribution in [0, 0.1) is 0 Å². The molecule has 1 aliphatic heterocycles. The SMILES string of the molecule is CCCCCCNC(N)=NCC1CCC(C(N)=O)O1. The molecule has 1 rings (SSSR count). The van der Waals surface area contributed by atoms with Crippen molar-refractivity contribution in [1.29, 1.82) is 0 Å². The number of aliphatic imine (C=N–C) groups is 1. The summed E-state index contributed by atoms with van der Waals surface area (Å²) in [6.45, 7) is 3.52. The van der Waals surface area contributed by atoms with Gasteiger partial charge in [-0.25, -0.2) is 0 Å². The molecule has 0 saturated carbocycles. The average Bonchev–Trinajstić information content (AvgIpc) is 2.85. The van der Waals surface area contributed by atoms with Gasteiger partial charge in [-0.1, -0.05) is 26.2 Å². The van der Waals surface area contributed by atoms with E-state index in [2.05, 4.69) is 17.2 Å². The molecule has 0 aliphatic carbocycles. The van der Waals surface area contributed by atoms with Crippen LogP contribution in [-0.2, 0) is 9.53 Å². The molecule has 110 valence electrons. The first-order valence-electron chi connectivity index (χ1n) is 7.12.